The Balaban J connectivity index is 1.92. The highest BCUT2D eigenvalue weighted by molar-refractivity contribution is 8.08. The van der Waals surface area contributed by atoms with Gasteiger partial charge < -0.3 is 5.32 Å². The summed E-state index contributed by atoms with van der Waals surface area (Å²) in [6.07, 6.45) is 4.44. The van der Waals surface area contributed by atoms with Crippen LogP contribution in [0.5, 0.6) is 0 Å². The van der Waals surface area contributed by atoms with Crippen LogP contribution in [0.2, 0.25) is 0 Å². The molecule has 96 valence electrons. The number of fused-ring (bicyclic) bond motifs is 1. The second kappa shape index (κ2) is 6.10. The third kappa shape index (κ3) is 3.16. The van der Waals surface area contributed by atoms with Crippen LogP contribution in [-0.4, -0.2) is 18.2 Å². The van der Waals surface area contributed by atoms with E-state index in [-0.39, 0.29) is 5.91 Å². The first-order chi connectivity index (χ1) is 8.70. The minimum absolute atomic E-state index is 0.0454. The van der Waals surface area contributed by atoms with E-state index in [9.17, 15) is 4.79 Å². The zero-order valence-electron chi connectivity index (χ0n) is 11.0. The Labute approximate surface area is 113 Å². The number of benzene rings is 1. The van der Waals surface area contributed by atoms with E-state index in [1.165, 1.54) is 21.6 Å². The van der Waals surface area contributed by atoms with E-state index in [0.29, 0.717) is 0 Å². The van der Waals surface area contributed by atoms with Gasteiger partial charge in [0.25, 0.3) is 0 Å². The second-order valence-corrected chi connectivity index (χ2v) is 5.59. The van der Waals surface area contributed by atoms with Gasteiger partial charge in [0.15, 0.2) is 0 Å². The van der Waals surface area contributed by atoms with Crippen molar-refractivity contribution < 1.29 is 4.79 Å². The molecule has 1 aliphatic rings. The molecule has 0 saturated carbocycles. The highest BCUT2D eigenvalue weighted by atomic mass is 32.2. The lowest BCUT2D eigenvalue weighted by Gasteiger charge is -2.07. The number of carbonyl (C=O) groups excluding carboxylic acids is 1. The zero-order valence-corrected chi connectivity index (χ0v) is 11.8. The van der Waals surface area contributed by atoms with Crippen molar-refractivity contribution in [2.24, 2.45) is 0 Å². The average Bonchev–Trinajstić information content (AvgIpc) is 2.76. The van der Waals surface area contributed by atoms with Gasteiger partial charge in [-0.05, 0) is 29.5 Å². The Kier molecular flexibility index (Phi) is 4.48. The van der Waals surface area contributed by atoms with Crippen LogP contribution in [0.25, 0.3) is 4.91 Å². The maximum Gasteiger partial charge on any atom is 0.216 e. The Bertz CT molecular complexity index is 479. The molecular weight excluding hydrogens is 242 g/mol. The van der Waals surface area contributed by atoms with Gasteiger partial charge in [0.1, 0.15) is 0 Å². The van der Waals surface area contributed by atoms with E-state index < -0.39 is 0 Å². The number of aryl methyl sites for hydroxylation is 1. The number of amides is 1. The van der Waals surface area contributed by atoms with Crippen molar-refractivity contribution in [3.05, 3.63) is 41.0 Å². The normalized spacial score (nSPS) is 13.1. The van der Waals surface area contributed by atoms with Crippen molar-refractivity contribution >= 4 is 22.6 Å². The lowest BCUT2D eigenvalue weighted by molar-refractivity contribution is -0.118. The van der Waals surface area contributed by atoms with Gasteiger partial charge >= 0.3 is 0 Å². The Hall–Kier alpha value is -1.22. The van der Waals surface area contributed by atoms with Crippen LogP contribution < -0.4 is 5.32 Å². The van der Waals surface area contributed by atoms with E-state index in [2.05, 4.69) is 36.5 Å². The van der Waals surface area contributed by atoms with Crippen LogP contribution in [0.1, 0.15) is 30.5 Å². The molecular formula is C15H19NOS. The molecule has 0 heterocycles. The summed E-state index contributed by atoms with van der Waals surface area (Å²) >= 11 is 1.83. The van der Waals surface area contributed by atoms with Crippen LogP contribution in [-0.2, 0) is 17.6 Å². The third-order valence-corrected chi connectivity index (χ3v) is 4.19. The number of hydrogen-bond donors (Lipinski definition) is 1. The van der Waals surface area contributed by atoms with Crippen molar-refractivity contribution in [3.63, 3.8) is 0 Å². The van der Waals surface area contributed by atoms with Gasteiger partial charge in [-0.3, -0.25) is 4.79 Å². The maximum absolute atomic E-state index is 10.8. The minimum atomic E-state index is 0.0454. The van der Waals surface area contributed by atoms with Crippen LogP contribution in [0.15, 0.2) is 24.3 Å². The summed E-state index contributed by atoms with van der Waals surface area (Å²) in [4.78, 5) is 12.1. The van der Waals surface area contributed by atoms with Crippen molar-refractivity contribution in [1.82, 2.24) is 5.32 Å². The van der Waals surface area contributed by atoms with Crippen LogP contribution in [0, 0.1) is 0 Å². The Morgan fingerprint density at radius 2 is 2.28 bits per heavy atom. The molecule has 0 aromatic heterocycles. The van der Waals surface area contributed by atoms with E-state index in [1.807, 2.05) is 11.8 Å². The molecule has 0 aliphatic heterocycles. The SMILES string of the molecule is CCc1ccc2c(c1)CC=C2SCCNC(C)=O. The molecule has 3 heteroatoms. The topological polar surface area (TPSA) is 29.1 Å². The fourth-order valence-corrected chi connectivity index (χ4v) is 3.09. The molecule has 2 rings (SSSR count). The minimum Gasteiger partial charge on any atom is -0.356 e. The average molecular weight is 261 g/mol. The molecule has 1 amide bonds. The van der Waals surface area contributed by atoms with Crippen molar-refractivity contribution in [1.29, 1.82) is 0 Å². The Morgan fingerprint density at radius 1 is 1.44 bits per heavy atom. The van der Waals surface area contributed by atoms with Crippen molar-refractivity contribution in [2.45, 2.75) is 26.7 Å². The summed E-state index contributed by atoms with van der Waals surface area (Å²) in [6.45, 7) is 4.48. The first-order valence-corrected chi connectivity index (χ1v) is 7.39. The number of carbonyl (C=O) groups is 1. The summed E-state index contributed by atoms with van der Waals surface area (Å²) in [5, 5.41) is 2.82. The summed E-state index contributed by atoms with van der Waals surface area (Å²) in [5.41, 5.74) is 4.23. The zero-order chi connectivity index (χ0) is 13.0. The number of nitrogens with one attached hydrogen (secondary N) is 1. The molecule has 0 bridgehead atoms. The van der Waals surface area contributed by atoms with Gasteiger partial charge in [-0.15, -0.1) is 11.8 Å². The summed E-state index contributed by atoms with van der Waals surface area (Å²) in [6, 6.07) is 6.76. The Morgan fingerprint density at radius 3 is 3.00 bits per heavy atom. The fraction of sp³-hybridized carbons (Fsp3) is 0.400. The number of rotatable bonds is 5. The smallest absolute Gasteiger partial charge is 0.216 e. The first-order valence-electron chi connectivity index (χ1n) is 6.40. The lowest BCUT2D eigenvalue weighted by Crippen LogP contribution is -2.22. The van der Waals surface area contributed by atoms with E-state index in [1.54, 1.807) is 6.92 Å². The van der Waals surface area contributed by atoms with Gasteiger partial charge in [-0.1, -0.05) is 31.2 Å². The fourth-order valence-electron chi connectivity index (χ4n) is 2.11. The van der Waals surface area contributed by atoms with Crippen LogP contribution in [0.3, 0.4) is 0 Å². The molecule has 0 atom stereocenters. The molecule has 1 aliphatic carbocycles. The molecule has 1 aromatic carbocycles. The van der Waals surface area contributed by atoms with Crippen molar-refractivity contribution in [2.75, 3.05) is 12.3 Å². The highest BCUT2D eigenvalue weighted by Crippen LogP contribution is 2.36. The van der Waals surface area contributed by atoms with Gasteiger partial charge in [-0.25, -0.2) is 0 Å². The third-order valence-electron chi connectivity index (χ3n) is 3.08. The van der Waals surface area contributed by atoms with E-state index >= 15 is 0 Å². The molecule has 0 radical (unpaired) electrons. The van der Waals surface area contributed by atoms with Crippen LogP contribution in [0.4, 0.5) is 0 Å². The van der Waals surface area contributed by atoms with Gasteiger partial charge in [0.05, 0.1) is 0 Å². The second-order valence-electron chi connectivity index (χ2n) is 4.45. The quantitative estimate of drug-likeness (QED) is 0.826. The van der Waals surface area contributed by atoms with E-state index in [0.717, 1.165) is 25.1 Å². The predicted molar refractivity (Wildman–Crippen MR) is 78.6 cm³/mol. The molecule has 0 saturated heterocycles. The van der Waals surface area contributed by atoms with Gasteiger partial charge in [0, 0.05) is 24.1 Å². The van der Waals surface area contributed by atoms with Crippen molar-refractivity contribution in [3.8, 4) is 0 Å². The lowest BCUT2D eigenvalue weighted by atomic mass is 10.0. The van der Waals surface area contributed by atoms with Gasteiger partial charge in [-0.2, -0.15) is 0 Å². The number of allylic oxidation sites excluding steroid dienone is 1. The molecule has 0 fully saturated rings. The molecule has 1 aromatic rings. The number of hydrogen-bond acceptors (Lipinski definition) is 2. The molecule has 18 heavy (non-hydrogen) atoms. The predicted octanol–water partition coefficient (Wildman–Crippen LogP) is 3.02. The maximum atomic E-state index is 10.8. The molecule has 0 spiro atoms. The summed E-state index contributed by atoms with van der Waals surface area (Å²) < 4.78 is 0. The van der Waals surface area contributed by atoms with Crippen LogP contribution >= 0.6 is 11.8 Å². The highest BCUT2D eigenvalue weighted by Gasteiger charge is 2.14. The molecule has 0 unspecified atom stereocenters. The standard InChI is InChI=1S/C15H19NOS/c1-3-12-4-6-14-13(10-12)5-7-15(14)18-9-8-16-11(2)17/h4,6-7,10H,3,5,8-9H2,1-2H3,(H,16,17). The molecule has 1 N–H and O–H groups in total. The number of thioether (sulfide) groups is 1. The summed E-state index contributed by atoms with van der Waals surface area (Å²) in [5.74, 6) is 0.976. The largest absolute Gasteiger partial charge is 0.356 e. The monoisotopic (exact) mass is 261 g/mol. The van der Waals surface area contributed by atoms with Gasteiger partial charge in [0.2, 0.25) is 5.91 Å². The molecule has 2 nitrogen and oxygen atoms in total. The summed E-state index contributed by atoms with van der Waals surface area (Å²) in [7, 11) is 0. The first kappa shape index (κ1) is 13.2. The van der Waals surface area contributed by atoms with E-state index in [4.69, 9.17) is 0 Å².